The van der Waals surface area contributed by atoms with Crippen molar-refractivity contribution in [3.8, 4) is 5.75 Å². The van der Waals surface area contributed by atoms with Crippen LogP contribution in [0.2, 0.25) is 0 Å². The van der Waals surface area contributed by atoms with E-state index in [4.69, 9.17) is 4.74 Å². The molecule has 2 aromatic rings. The predicted molar refractivity (Wildman–Crippen MR) is 91.4 cm³/mol. The van der Waals surface area contributed by atoms with Crippen LogP contribution in [-0.2, 0) is 0 Å². The minimum atomic E-state index is 0.271. The van der Waals surface area contributed by atoms with Crippen LogP contribution in [-0.4, -0.2) is 19.9 Å². The Morgan fingerprint density at radius 2 is 1.86 bits per heavy atom. The first kappa shape index (κ1) is 15.9. The largest absolute Gasteiger partial charge is 0.496 e. The fourth-order valence-corrected chi connectivity index (χ4v) is 3.40. The van der Waals surface area contributed by atoms with Gasteiger partial charge in [-0.15, -0.1) is 11.8 Å². The van der Waals surface area contributed by atoms with Gasteiger partial charge in [0.1, 0.15) is 5.75 Å². The fraction of sp³-hybridized carbons (Fsp3) is 0.333. The lowest BCUT2D eigenvalue weighted by molar-refractivity contribution is 0.404. The van der Waals surface area contributed by atoms with Crippen LogP contribution in [0.4, 0.5) is 0 Å². The molecule has 0 radical (unpaired) electrons. The maximum absolute atomic E-state index is 5.47. The molecule has 0 amide bonds. The number of hydrogen-bond acceptors (Lipinski definition) is 3. The summed E-state index contributed by atoms with van der Waals surface area (Å²) >= 11 is 1.87. The monoisotopic (exact) mass is 301 g/mol. The third-order valence-corrected chi connectivity index (χ3v) is 4.85. The second-order valence-corrected chi connectivity index (χ2v) is 6.23. The summed E-state index contributed by atoms with van der Waals surface area (Å²) < 4.78 is 5.47. The molecule has 2 rings (SSSR count). The number of para-hydroxylation sites is 1. The zero-order valence-electron chi connectivity index (χ0n) is 13.1. The molecule has 0 aromatic heterocycles. The van der Waals surface area contributed by atoms with Crippen LogP contribution in [0.3, 0.4) is 0 Å². The van der Waals surface area contributed by atoms with Gasteiger partial charge in [-0.3, -0.25) is 0 Å². The third-order valence-electron chi connectivity index (χ3n) is 3.76. The summed E-state index contributed by atoms with van der Waals surface area (Å²) in [6.07, 6.45) is 0. The fourth-order valence-electron chi connectivity index (χ4n) is 2.27. The van der Waals surface area contributed by atoms with Gasteiger partial charge in [-0.2, -0.15) is 0 Å². The number of aryl methyl sites for hydroxylation is 2. The molecule has 0 spiro atoms. The highest BCUT2D eigenvalue weighted by molar-refractivity contribution is 7.99. The van der Waals surface area contributed by atoms with Crippen molar-refractivity contribution < 1.29 is 4.74 Å². The minimum absolute atomic E-state index is 0.271. The zero-order valence-corrected chi connectivity index (χ0v) is 14.0. The SMILES string of the molecule is CNC(CSc1ccc(C)c(C)c1)c1ccccc1OC. The van der Waals surface area contributed by atoms with Gasteiger partial charge in [-0.05, 0) is 50.2 Å². The summed E-state index contributed by atoms with van der Waals surface area (Å²) in [6, 6.07) is 15.1. The molecule has 2 nitrogen and oxygen atoms in total. The molecule has 0 aliphatic rings. The Bertz CT molecular complexity index is 598. The number of methoxy groups -OCH3 is 1. The summed E-state index contributed by atoms with van der Waals surface area (Å²) in [4.78, 5) is 1.31. The molecule has 0 aliphatic carbocycles. The Balaban J connectivity index is 2.10. The van der Waals surface area contributed by atoms with Gasteiger partial charge in [-0.25, -0.2) is 0 Å². The zero-order chi connectivity index (χ0) is 15.2. The quantitative estimate of drug-likeness (QED) is 0.801. The van der Waals surface area contributed by atoms with Gasteiger partial charge in [0.15, 0.2) is 0 Å². The number of ether oxygens (including phenoxy) is 1. The number of benzene rings is 2. The van der Waals surface area contributed by atoms with Crippen LogP contribution in [0.25, 0.3) is 0 Å². The second-order valence-electron chi connectivity index (χ2n) is 5.14. The molecule has 0 aliphatic heterocycles. The van der Waals surface area contributed by atoms with E-state index in [1.807, 2.05) is 30.9 Å². The van der Waals surface area contributed by atoms with E-state index in [2.05, 4.69) is 49.5 Å². The van der Waals surface area contributed by atoms with Gasteiger partial charge in [0.2, 0.25) is 0 Å². The summed E-state index contributed by atoms with van der Waals surface area (Å²) in [5, 5.41) is 3.39. The average Bonchev–Trinajstić information content (AvgIpc) is 2.51. The van der Waals surface area contributed by atoms with E-state index in [0.717, 1.165) is 11.5 Å². The van der Waals surface area contributed by atoms with Gasteiger partial charge >= 0.3 is 0 Å². The van der Waals surface area contributed by atoms with E-state index < -0.39 is 0 Å². The van der Waals surface area contributed by atoms with Crippen molar-refractivity contribution in [2.75, 3.05) is 19.9 Å². The summed E-state index contributed by atoms with van der Waals surface area (Å²) in [5.74, 6) is 1.91. The van der Waals surface area contributed by atoms with Crippen LogP contribution in [0.1, 0.15) is 22.7 Å². The topological polar surface area (TPSA) is 21.3 Å². The van der Waals surface area contributed by atoms with Crippen molar-refractivity contribution >= 4 is 11.8 Å². The second kappa shape index (κ2) is 7.53. The van der Waals surface area contributed by atoms with Gasteiger partial charge < -0.3 is 10.1 Å². The van der Waals surface area contributed by atoms with Crippen molar-refractivity contribution in [1.29, 1.82) is 0 Å². The van der Waals surface area contributed by atoms with Crippen molar-refractivity contribution in [2.24, 2.45) is 0 Å². The maximum atomic E-state index is 5.47. The van der Waals surface area contributed by atoms with Crippen molar-refractivity contribution in [3.63, 3.8) is 0 Å². The van der Waals surface area contributed by atoms with Crippen LogP contribution in [0, 0.1) is 13.8 Å². The molecule has 0 saturated carbocycles. The Morgan fingerprint density at radius 1 is 1.10 bits per heavy atom. The lowest BCUT2D eigenvalue weighted by atomic mass is 10.1. The van der Waals surface area contributed by atoms with Crippen LogP contribution in [0.5, 0.6) is 5.75 Å². The van der Waals surface area contributed by atoms with Crippen molar-refractivity contribution in [3.05, 3.63) is 59.2 Å². The summed E-state index contributed by atoms with van der Waals surface area (Å²) in [6.45, 7) is 4.31. The summed E-state index contributed by atoms with van der Waals surface area (Å²) in [5.41, 5.74) is 3.89. The van der Waals surface area contributed by atoms with E-state index in [-0.39, 0.29) is 6.04 Å². The van der Waals surface area contributed by atoms with Gasteiger partial charge in [0, 0.05) is 22.3 Å². The number of nitrogens with one attached hydrogen (secondary N) is 1. The van der Waals surface area contributed by atoms with E-state index in [9.17, 15) is 0 Å². The maximum Gasteiger partial charge on any atom is 0.123 e. The normalized spacial score (nSPS) is 12.2. The molecule has 1 atom stereocenters. The Labute approximate surface area is 131 Å². The molecule has 0 saturated heterocycles. The molecule has 1 N–H and O–H groups in total. The molecule has 3 heteroatoms. The Hall–Kier alpha value is -1.45. The first-order chi connectivity index (χ1) is 10.2. The molecule has 21 heavy (non-hydrogen) atoms. The summed E-state index contributed by atoms with van der Waals surface area (Å²) in [7, 11) is 3.72. The van der Waals surface area contributed by atoms with E-state index in [1.54, 1.807) is 7.11 Å². The number of rotatable bonds is 6. The van der Waals surface area contributed by atoms with Crippen LogP contribution < -0.4 is 10.1 Å². The number of hydrogen-bond donors (Lipinski definition) is 1. The minimum Gasteiger partial charge on any atom is -0.496 e. The lowest BCUT2D eigenvalue weighted by Crippen LogP contribution is -2.19. The van der Waals surface area contributed by atoms with Gasteiger partial charge in [-0.1, -0.05) is 24.3 Å². The third kappa shape index (κ3) is 4.02. The van der Waals surface area contributed by atoms with E-state index in [1.165, 1.54) is 21.6 Å². The predicted octanol–water partition coefficient (Wildman–Crippen LogP) is 4.36. The lowest BCUT2D eigenvalue weighted by Gasteiger charge is -2.19. The molecular weight excluding hydrogens is 278 g/mol. The molecular formula is C18H23NOS. The molecule has 0 heterocycles. The highest BCUT2D eigenvalue weighted by Crippen LogP contribution is 2.30. The first-order valence-corrected chi connectivity index (χ1v) is 8.14. The van der Waals surface area contributed by atoms with Gasteiger partial charge in [0.25, 0.3) is 0 Å². The van der Waals surface area contributed by atoms with Crippen molar-refractivity contribution in [1.82, 2.24) is 5.32 Å². The van der Waals surface area contributed by atoms with Crippen LogP contribution in [0.15, 0.2) is 47.4 Å². The highest BCUT2D eigenvalue weighted by Gasteiger charge is 2.14. The standard InChI is InChI=1S/C18H23NOS/c1-13-9-10-15(11-14(13)2)21-12-17(19-3)16-7-5-6-8-18(16)20-4/h5-11,17,19H,12H2,1-4H3. The highest BCUT2D eigenvalue weighted by atomic mass is 32.2. The first-order valence-electron chi connectivity index (χ1n) is 7.16. The van der Waals surface area contributed by atoms with Crippen molar-refractivity contribution in [2.45, 2.75) is 24.8 Å². The smallest absolute Gasteiger partial charge is 0.123 e. The molecule has 0 bridgehead atoms. The van der Waals surface area contributed by atoms with Crippen LogP contribution >= 0.6 is 11.8 Å². The van der Waals surface area contributed by atoms with Gasteiger partial charge in [0.05, 0.1) is 7.11 Å². The Kier molecular flexibility index (Phi) is 5.71. The molecule has 1 unspecified atom stereocenters. The average molecular weight is 301 g/mol. The van der Waals surface area contributed by atoms with E-state index >= 15 is 0 Å². The molecule has 2 aromatic carbocycles. The molecule has 112 valence electrons. The molecule has 0 fully saturated rings. The number of thioether (sulfide) groups is 1. The van der Waals surface area contributed by atoms with E-state index in [0.29, 0.717) is 0 Å². The Morgan fingerprint density at radius 3 is 2.52 bits per heavy atom.